The summed E-state index contributed by atoms with van der Waals surface area (Å²) in [6.45, 7) is 7.93. The first-order valence-electron chi connectivity index (χ1n) is 9.07. The van der Waals surface area contributed by atoms with Gasteiger partial charge in [0.1, 0.15) is 0 Å². The number of benzene rings is 1. The molecule has 0 bridgehead atoms. The number of nitrogens with zero attached hydrogens (tertiary/aromatic N) is 2. The third-order valence-corrected chi connectivity index (χ3v) is 4.58. The Morgan fingerprint density at radius 3 is 2.08 bits per heavy atom. The lowest BCUT2D eigenvalue weighted by Gasteiger charge is -2.36. The summed E-state index contributed by atoms with van der Waals surface area (Å²) in [5.74, 6) is 2.44. The van der Waals surface area contributed by atoms with E-state index in [0.29, 0.717) is 36.3 Å². The minimum atomic E-state index is 0.0233. The van der Waals surface area contributed by atoms with Gasteiger partial charge in [-0.1, -0.05) is 13.8 Å². The van der Waals surface area contributed by atoms with Crippen molar-refractivity contribution in [3.05, 3.63) is 12.1 Å². The smallest absolute Gasteiger partial charge is 0.317 e. The summed E-state index contributed by atoms with van der Waals surface area (Å²) < 4.78 is 16.2. The van der Waals surface area contributed by atoms with Gasteiger partial charge in [-0.25, -0.2) is 4.79 Å². The van der Waals surface area contributed by atoms with Gasteiger partial charge in [0, 0.05) is 50.5 Å². The number of nitrogens with one attached hydrogen (secondary N) is 1. The molecular weight excluding hydrogens is 334 g/mol. The summed E-state index contributed by atoms with van der Waals surface area (Å²) in [5, 5.41) is 3.00. The highest BCUT2D eigenvalue weighted by Gasteiger charge is 2.23. The number of carbonyl (C=O) groups excluding carboxylic acids is 1. The molecule has 1 heterocycles. The normalized spacial score (nSPS) is 14.4. The molecule has 7 heteroatoms. The van der Waals surface area contributed by atoms with Crippen molar-refractivity contribution in [2.45, 2.75) is 20.3 Å². The lowest BCUT2D eigenvalue weighted by atomic mass is 10.1. The van der Waals surface area contributed by atoms with Crippen LogP contribution < -0.4 is 24.4 Å². The highest BCUT2D eigenvalue weighted by molar-refractivity contribution is 5.74. The minimum absolute atomic E-state index is 0.0233. The predicted molar refractivity (Wildman–Crippen MR) is 103 cm³/mol. The zero-order chi connectivity index (χ0) is 19.1. The van der Waals surface area contributed by atoms with E-state index in [2.05, 4.69) is 24.1 Å². The number of ether oxygens (including phenoxy) is 3. The number of methoxy groups -OCH3 is 3. The highest BCUT2D eigenvalue weighted by Crippen LogP contribution is 2.41. The van der Waals surface area contributed by atoms with Gasteiger partial charge >= 0.3 is 6.03 Å². The van der Waals surface area contributed by atoms with Crippen molar-refractivity contribution in [1.82, 2.24) is 10.2 Å². The molecule has 1 aromatic rings. The monoisotopic (exact) mass is 365 g/mol. The molecule has 0 spiro atoms. The summed E-state index contributed by atoms with van der Waals surface area (Å²) in [5.41, 5.74) is 0.999. The Morgan fingerprint density at radius 1 is 1.04 bits per heavy atom. The average molecular weight is 365 g/mol. The van der Waals surface area contributed by atoms with Crippen molar-refractivity contribution < 1.29 is 19.0 Å². The first kappa shape index (κ1) is 20.0. The van der Waals surface area contributed by atoms with Gasteiger partial charge in [-0.05, 0) is 12.3 Å². The van der Waals surface area contributed by atoms with Crippen LogP contribution >= 0.6 is 0 Å². The van der Waals surface area contributed by atoms with Gasteiger partial charge in [0.05, 0.1) is 21.3 Å². The standard InChI is InChI=1S/C19H31N3O4/c1-14(2)6-7-20-19(23)22-10-8-21(9-11-22)15-12-16(24-3)18(26-5)17(13-15)25-4/h12-14H,6-11H2,1-5H3,(H,20,23). The molecule has 1 aromatic carbocycles. The van der Waals surface area contributed by atoms with E-state index in [-0.39, 0.29) is 6.03 Å². The van der Waals surface area contributed by atoms with Gasteiger partial charge in [-0.15, -0.1) is 0 Å². The lowest BCUT2D eigenvalue weighted by Crippen LogP contribution is -2.52. The van der Waals surface area contributed by atoms with Crippen LogP contribution in [0, 0.1) is 5.92 Å². The fourth-order valence-electron chi connectivity index (χ4n) is 3.00. The minimum Gasteiger partial charge on any atom is -0.493 e. The number of carbonyl (C=O) groups is 1. The van der Waals surface area contributed by atoms with E-state index in [4.69, 9.17) is 14.2 Å². The molecule has 0 saturated carbocycles. The quantitative estimate of drug-likeness (QED) is 0.805. The molecule has 0 radical (unpaired) electrons. The van der Waals surface area contributed by atoms with E-state index in [1.165, 1.54) is 0 Å². The molecule has 2 amide bonds. The summed E-state index contributed by atoms with van der Waals surface area (Å²) in [6, 6.07) is 3.91. The Kier molecular flexibility index (Phi) is 7.24. The maximum absolute atomic E-state index is 12.2. The number of hydrogen-bond acceptors (Lipinski definition) is 5. The fraction of sp³-hybridized carbons (Fsp3) is 0.632. The van der Waals surface area contributed by atoms with Crippen LogP contribution in [0.3, 0.4) is 0 Å². The van der Waals surface area contributed by atoms with Gasteiger partial charge in [-0.2, -0.15) is 0 Å². The second kappa shape index (κ2) is 9.40. The number of piperazine rings is 1. The van der Waals surface area contributed by atoms with E-state index in [1.807, 2.05) is 17.0 Å². The Labute approximate surface area is 156 Å². The van der Waals surface area contributed by atoms with Crippen LogP contribution in [0.15, 0.2) is 12.1 Å². The molecule has 146 valence electrons. The van der Waals surface area contributed by atoms with Gasteiger partial charge in [0.2, 0.25) is 5.75 Å². The van der Waals surface area contributed by atoms with E-state index in [1.54, 1.807) is 21.3 Å². The van der Waals surface area contributed by atoms with Crippen LogP contribution in [-0.4, -0.2) is 65.0 Å². The van der Waals surface area contributed by atoms with E-state index in [9.17, 15) is 4.79 Å². The predicted octanol–water partition coefficient (Wildman–Crippen LogP) is 2.59. The molecule has 0 aromatic heterocycles. The molecule has 0 aliphatic carbocycles. The van der Waals surface area contributed by atoms with Crippen LogP contribution in [0.2, 0.25) is 0 Å². The van der Waals surface area contributed by atoms with Crippen LogP contribution in [-0.2, 0) is 0 Å². The molecular formula is C19H31N3O4. The molecule has 1 aliphatic rings. The van der Waals surface area contributed by atoms with Gasteiger partial charge < -0.3 is 29.3 Å². The summed E-state index contributed by atoms with van der Waals surface area (Å²) in [7, 11) is 4.82. The van der Waals surface area contributed by atoms with E-state index >= 15 is 0 Å². The van der Waals surface area contributed by atoms with Crippen LogP contribution in [0.1, 0.15) is 20.3 Å². The van der Waals surface area contributed by atoms with Crippen molar-refractivity contribution >= 4 is 11.7 Å². The number of rotatable bonds is 7. The maximum Gasteiger partial charge on any atom is 0.317 e. The maximum atomic E-state index is 12.2. The van der Waals surface area contributed by atoms with Crippen molar-refractivity contribution in [1.29, 1.82) is 0 Å². The average Bonchev–Trinajstić information content (AvgIpc) is 2.66. The second-order valence-electron chi connectivity index (χ2n) is 6.77. The van der Waals surface area contributed by atoms with Crippen LogP contribution in [0.5, 0.6) is 17.2 Å². The largest absolute Gasteiger partial charge is 0.493 e. The molecule has 1 aliphatic heterocycles. The summed E-state index contributed by atoms with van der Waals surface area (Å²) in [6.07, 6.45) is 0.997. The van der Waals surface area contributed by atoms with E-state index in [0.717, 1.165) is 31.7 Å². The zero-order valence-electron chi connectivity index (χ0n) is 16.5. The molecule has 7 nitrogen and oxygen atoms in total. The molecule has 0 unspecified atom stereocenters. The molecule has 26 heavy (non-hydrogen) atoms. The Morgan fingerprint density at radius 2 is 1.62 bits per heavy atom. The summed E-state index contributed by atoms with van der Waals surface area (Å²) >= 11 is 0. The topological polar surface area (TPSA) is 63.3 Å². The molecule has 1 fully saturated rings. The second-order valence-corrected chi connectivity index (χ2v) is 6.77. The molecule has 1 N–H and O–H groups in total. The first-order valence-corrected chi connectivity index (χ1v) is 9.07. The highest BCUT2D eigenvalue weighted by atomic mass is 16.5. The summed E-state index contributed by atoms with van der Waals surface area (Å²) in [4.78, 5) is 16.3. The van der Waals surface area contributed by atoms with Crippen molar-refractivity contribution in [2.24, 2.45) is 5.92 Å². The van der Waals surface area contributed by atoms with Crippen LogP contribution in [0.4, 0.5) is 10.5 Å². The molecule has 2 rings (SSSR count). The van der Waals surface area contributed by atoms with Crippen molar-refractivity contribution in [3.63, 3.8) is 0 Å². The number of urea groups is 1. The van der Waals surface area contributed by atoms with Gasteiger partial charge in [0.25, 0.3) is 0 Å². The Balaban J connectivity index is 1.98. The van der Waals surface area contributed by atoms with Crippen molar-refractivity contribution in [2.75, 3.05) is 59.0 Å². The van der Waals surface area contributed by atoms with Crippen molar-refractivity contribution in [3.8, 4) is 17.2 Å². The Bertz CT molecular complexity index is 573. The first-order chi connectivity index (χ1) is 12.5. The number of anilines is 1. The SMILES string of the molecule is COc1cc(N2CCN(C(=O)NCCC(C)C)CC2)cc(OC)c1OC. The fourth-order valence-corrected chi connectivity index (χ4v) is 3.00. The Hall–Kier alpha value is -2.31. The zero-order valence-corrected chi connectivity index (χ0v) is 16.5. The van der Waals surface area contributed by atoms with Crippen LogP contribution in [0.25, 0.3) is 0 Å². The van der Waals surface area contributed by atoms with E-state index < -0.39 is 0 Å². The number of hydrogen-bond donors (Lipinski definition) is 1. The van der Waals surface area contributed by atoms with Gasteiger partial charge in [0.15, 0.2) is 11.5 Å². The van der Waals surface area contributed by atoms with Gasteiger partial charge in [-0.3, -0.25) is 0 Å². The third-order valence-electron chi connectivity index (χ3n) is 4.58. The third kappa shape index (κ3) is 4.86. The molecule has 1 saturated heterocycles. The molecule has 0 atom stereocenters. The lowest BCUT2D eigenvalue weighted by molar-refractivity contribution is 0.194. The number of amides is 2.